The average molecular weight is 440 g/mol. The number of carbonyl (C=O) groups excluding carboxylic acids is 1. The molecule has 1 aromatic carbocycles. The minimum atomic E-state index is -0.0225. The second-order valence-corrected chi connectivity index (χ2v) is 8.72. The van der Waals surface area contributed by atoms with E-state index in [9.17, 15) is 4.79 Å². The van der Waals surface area contributed by atoms with Crippen LogP contribution in [0.3, 0.4) is 0 Å². The van der Waals surface area contributed by atoms with Crippen LogP contribution in [0.1, 0.15) is 22.5 Å². The summed E-state index contributed by atoms with van der Waals surface area (Å²) in [5.41, 5.74) is 4.97. The quantitative estimate of drug-likeness (QED) is 0.589. The fourth-order valence-corrected chi connectivity index (χ4v) is 4.30. The minimum Gasteiger partial charge on any atom is -0.369 e. The van der Waals surface area contributed by atoms with Crippen molar-refractivity contribution in [3.63, 3.8) is 0 Å². The summed E-state index contributed by atoms with van der Waals surface area (Å²) in [5.74, 6) is 0.551. The summed E-state index contributed by atoms with van der Waals surface area (Å²) in [4.78, 5) is 26.5. The molecule has 1 saturated heterocycles. The molecule has 3 aromatic rings. The molecule has 0 spiro atoms. The van der Waals surface area contributed by atoms with Crippen LogP contribution in [-0.4, -0.2) is 69.9 Å². The highest BCUT2D eigenvalue weighted by atomic mass is 32.2. The lowest BCUT2D eigenvalue weighted by molar-refractivity contribution is -0.120. The zero-order valence-electron chi connectivity index (χ0n) is 18.6. The average Bonchev–Trinajstić information content (AvgIpc) is 3.19. The number of aromatic nitrogens is 4. The van der Waals surface area contributed by atoms with Gasteiger partial charge >= 0.3 is 0 Å². The topological polar surface area (TPSA) is 78.7 Å². The van der Waals surface area contributed by atoms with Gasteiger partial charge in [0.1, 0.15) is 0 Å². The number of amides is 1. The maximum Gasteiger partial charge on any atom is 0.253 e. The number of nitrogens with zero attached hydrogens (tertiary/aromatic N) is 6. The van der Waals surface area contributed by atoms with E-state index in [0.717, 1.165) is 48.7 Å². The highest BCUT2D eigenvalue weighted by Crippen LogP contribution is 2.22. The molecule has 0 aliphatic carbocycles. The van der Waals surface area contributed by atoms with Crippen molar-refractivity contribution < 1.29 is 4.79 Å². The van der Waals surface area contributed by atoms with E-state index in [4.69, 9.17) is 0 Å². The molecule has 1 aliphatic rings. The Morgan fingerprint density at radius 1 is 1.13 bits per heavy atom. The van der Waals surface area contributed by atoms with Gasteiger partial charge in [0.15, 0.2) is 0 Å². The lowest BCUT2D eigenvalue weighted by Gasteiger charge is -2.35. The second-order valence-electron chi connectivity index (χ2n) is 7.94. The Labute approximate surface area is 187 Å². The number of hydrogen-bond donors (Lipinski definition) is 1. The number of hydrogen-bond acceptors (Lipinski definition) is 7. The molecule has 0 unspecified atom stereocenters. The predicted octanol–water partition coefficient (Wildman–Crippen LogP) is 2.07. The van der Waals surface area contributed by atoms with Crippen LogP contribution in [0.4, 0.5) is 5.69 Å². The van der Waals surface area contributed by atoms with Crippen molar-refractivity contribution in [2.24, 2.45) is 0 Å². The van der Waals surface area contributed by atoms with Crippen LogP contribution in [0.2, 0.25) is 0 Å². The third-order valence-corrected chi connectivity index (χ3v) is 6.40. The van der Waals surface area contributed by atoms with Gasteiger partial charge in [0.25, 0.3) is 5.78 Å². The van der Waals surface area contributed by atoms with Crippen LogP contribution < -0.4 is 10.2 Å². The third kappa shape index (κ3) is 4.67. The molecule has 0 atom stereocenters. The van der Waals surface area contributed by atoms with E-state index < -0.39 is 0 Å². The van der Waals surface area contributed by atoms with Crippen LogP contribution in [0.25, 0.3) is 5.78 Å². The number of benzene rings is 1. The number of fused-ring (bicyclic) bond motifs is 1. The molecule has 4 rings (SSSR count). The molecule has 9 heteroatoms. The van der Waals surface area contributed by atoms with Gasteiger partial charge < -0.3 is 15.1 Å². The molecule has 0 bridgehead atoms. The van der Waals surface area contributed by atoms with E-state index in [1.165, 1.54) is 17.4 Å². The molecule has 8 nitrogen and oxygen atoms in total. The van der Waals surface area contributed by atoms with E-state index in [0.29, 0.717) is 17.5 Å². The number of para-hydroxylation sites is 1. The highest BCUT2D eigenvalue weighted by molar-refractivity contribution is 7.98. The zero-order chi connectivity index (χ0) is 22.0. The van der Waals surface area contributed by atoms with Crippen LogP contribution >= 0.6 is 11.8 Å². The minimum absolute atomic E-state index is 0.0225. The maximum absolute atomic E-state index is 12.8. The molecular weight excluding hydrogens is 410 g/mol. The van der Waals surface area contributed by atoms with Gasteiger partial charge in [-0.05, 0) is 38.8 Å². The van der Waals surface area contributed by atoms with E-state index >= 15 is 0 Å². The van der Waals surface area contributed by atoms with Crippen molar-refractivity contribution in [2.45, 2.75) is 32.0 Å². The smallest absolute Gasteiger partial charge is 0.253 e. The van der Waals surface area contributed by atoms with Crippen LogP contribution in [-0.2, 0) is 17.8 Å². The Morgan fingerprint density at radius 2 is 1.87 bits per heavy atom. The molecule has 1 aliphatic heterocycles. The van der Waals surface area contributed by atoms with E-state index in [2.05, 4.69) is 55.4 Å². The van der Waals surface area contributed by atoms with Crippen molar-refractivity contribution in [3.8, 4) is 0 Å². The summed E-state index contributed by atoms with van der Waals surface area (Å²) in [6.45, 7) is 8.50. The summed E-state index contributed by atoms with van der Waals surface area (Å²) in [7, 11) is 2.15. The first-order valence-corrected chi connectivity index (χ1v) is 11.7. The van der Waals surface area contributed by atoms with Crippen LogP contribution in [0.15, 0.2) is 29.4 Å². The molecule has 31 heavy (non-hydrogen) atoms. The lowest BCUT2D eigenvalue weighted by Crippen LogP contribution is -2.45. The van der Waals surface area contributed by atoms with Gasteiger partial charge in [-0.2, -0.15) is 4.98 Å². The van der Waals surface area contributed by atoms with Gasteiger partial charge in [0.2, 0.25) is 11.1 Å². The maximum atomic E-state index is 12.8. The van der Waals surface area contributed by atoms with Crippen LogP contribution in [0.5, 0.6) is 0 Å². The van der Waals surface area contributed by atoms with E-state index in [-0.39, 0.29) is 12.3 Å². The van der Waals surface area contributed by atoms with E-state index in [1.807, 2.05) is 26.2 Å². The second kappa shape index (κ2) is 9.23. The fraction of sp³-hybridized carbons (Fsp3) is 0.455. The van der Waals surface area contributed by atoms with Crippen molar-refractivity contribution in [1.29, 1.82) is 0 Å². The first-order valence-electron chi connectivity index (χ1n) is 10.5. The number of aryl methyl sites for hydroxylation is 2. The number of carbonyl (C=O) groups is 1. The largest absolute Gasteiger partial charge is 0.369 e. The Hall–Kier alpha value is -2.65. The summed E-state index contributed by atoms with van der Waals surface area (Å²) < 4.78 is 1.73. The van der Waals surface area contributed by atoms with Gasteiger partial charge in [0.05, 0.1) is 6.42 Å². The normalized spacial score (nSPS) is 14.9. The molecule has 164 valence electrons. The lowest BCUT2D eigenvalue weighted by atomic mass is 10.1. The highest BCUT2D eigenvalue weighted by Gasteiger charge is 2.18. The molecule has 1 amide bonds. The number of nitrogens with one attached hydrogen (secondary N) is 1. The first-order chi connectivity index (χ1) is 15.0. The Bertz CT molecular complexity index is 1090. The van der Waals surface area contributed by atoms with Crippen molar-refractivity contribution in [2.75, 3.05) is 44.4 Å². The first kappa shape index (κ1) is 21.6. The number of likely N-dealkylation sites (N-methyl/N-ethyl adjacent to an activating group) is 1. The number of anilines is 1. The van der Waals surface area contributed by atoms with Crippen LogP contribution in [0, 0.1) is 13.8 Å². The monoisotopic (exact) mass is 439 g/mol. The van der Waals surface area contributed by atoms with Crippen molar-refractivity contribution >= 4 is 29.1 Å². The molecule has 0 radical (unpaired) electrons. The van der Waals surface area contributed by atoms with Crippen molar-refractivity contribution in [1.82, 2.24) is 29.8 Å². The summed E-state index contributed by atoms with van der Waals surface area (Å²) in [5, 5.41) is 8.25. The Balaban J connectivity index is 1.46. The molecule has 2 aromatic heterocycles. The number of thioether (sulfide) groups is 1. The van der Waals surface area contributed by atoms with Gasteiger partial charge in [-0.15, -0.1) is 5.10 Å². The van der Waals surface area contributed by atoms with E-state index in [1.54, 1.807) is 4.52 Å². The molecule has 0 saturated carbocycles. The zero-order valence-corrected chi connectivity index (χ0v) is 19.4. The van der Waals surface area contributed by atoms with Gasteiger partial charge in [-0.1, -0.05) is 30.0 Å². The third-order valence-electron chi connectivity index (χ3n) is 5.86. The molecule has 1 N–H and O–H groups in total. The summed E-state index contributed by atoms with van der Waals surface area (Å²) >= 11 is 1.48. The standard InChI is InChI=1S/C22H29N7OS/c1-15-18(16(2)29-21(24-15)25-22(26-29)31-4)13-20(30)23-14-17-7-5-6-8-19(17)28-11-9-27(3)10-12-28/h5-8H,9-14H2,1-4H3,(H,23,30). The van der Waals surface area contributed by atoms with Gasteiger partial charge in [0, 0.05) is 55.4 Å². The summed E-state index contributed by atoms with van der Waals surface area (Å²) in [6.07, 6.45) is 2.21. The summed E-state index contributed by atoms with van der Waals surface area (Å²) in [6, 6.07) is 8.33. The molecular formula is C22H29N7OS. The number of rotatable bonds is 6. The van der Waals surface area contributed by atoms with Gasteiger partial charge in [-0.3, -0.25) is 4.79 Å². The fourth-order valence-electron chi connectivity index (χ4n) is 3.97. The van der Waals surface area contributed by atoms with Crippen molar-refractivity contribution in [3.05, 3.63) is 46.8 Å². The Morgan fingerprint density at radius 3 is 2.61 bits per heavy atom. The SMILES string of the molecule is CSc1nc2nc(C)c(CC(=O)NCc3ccccc3N3CCN(C)CC3)c(C)n2n1. The van der Waals surface area contributed by atoms with Gasteiger partial charge in [-0.25, -0.2) is 9.50 Å². The molecule has 3 heterocycles. The Kier molecular flexibility index (Phi) is 6.43. The predicted molar refractivity (Wildman–Crippen MR) is 124 cm³/mol. The number of piperazine rings is 1. The molecule has 1 fully saturated rings.